The molecule has 1 aromatic rings. The van der Waals surface area contributed by atoms with Crippen molar-refractivity contribution in [2.45, 2.75) is 32.6 Å². The van der Waals surface area contributed by atoms with Crippen LogP contribution in [0.5, 0.6) is 0 Å². The lowest BCUT2D eigenvalue weighted by Crippen LogP contribution is -2.34. The van der Waals surface area contributed by atoms with Gasteiger partial charge in [0.05, 0.1) is 5.41 Å². The lowest BCUT2D eigenvalue weighted by Gasteiger charge is -2.09. The largest absolute Gasteiger partial charge is 0.481 e. The summed E-state index contributed by atoms with van der Waals surface area (Å²) in [5.74, 6) is -0.862. The molecular weight excluding hydrogens is 246 g/mol. The zero-order valence-corrected chi connectivity index (χ0v) is 11.4. The highest BCUT2D eigenvalue weighted by Crippen LogP contribution is 2.45. The van der Waals surface area contributed by atoms with Gasteiger partial charge in [-0.05, 0) is 24.8 Å². The number of nitrogens with zero attached hydrogens (tertiary/aromatic N) is 2. The lowest BCUT2D eigenvalue weighted by molar-refractivity contribution is -0.143. The quantitative estimate of drug-likeness (QED) is 0.836. The van der Waals surface area contributed by atoms with E-state index in [1.165, 1.54) is 0 Å². The summed E-state index contributed by atoms with van der Waals surface area (Å²) >= 11 is 0. The smallest absolute Gasteiger partial charge is 0.311 e. The first-order chi connectivity index (χ1) is 8.85. The van der Waals surface area contributed by atoms with Crippen LogP contribution in [0.25, 0.3) is 0 Å². The van der Waals surface area contributed by atoms with E-state index in [4.69, 9.17) is 5.11 Å². The van der Waals surface area contributed by atoms with Crippen LogP contribution in [0.15, 0.2) is 6.07 Å². The third-order valence-electron chi connectivity index (χ3n) is 3.63. The maximum atomic E-state index is 11.9. The molecule has 1 aliphatic rings. The van der Waals surface area contributed by atoms with Crippen molar-refractivity contribution in [3.8, 4) is 0 Å². The van der Waals surface area contributed by atoms with Crippen LogP contribution >= 0.6 is 0 Å². The fraction of sp³-hybridized carbons (Fsp3) is 0.615. The van der Waals surface area contributed by atoms with Gasteiger partial charge in [0.25, 0.3) is 5.91 Å². The van der Waals surface area contributed by atoms with Gasteiger partial charge in [-0.25, -0.2) is 0 Å². The predicted molar refractivity (Wildman–Crippen MR) is 68.9 cm³/mol. The Morgan fingerprint density at radius 3 is 2.58 bits per heavy atom. The van der Waals surface area contributed by atoms with Gasteiger partial charge in [0.2, 0.25) is 0 Å². The molecule has 2 N–H and O–H groups in total. The first-order valence-electron chi connectivity index (χ1n) is 6.41. The van der Waals surface area contributed by atoms with Gasteiger partial charge in [0.1, 0.15) is 5.69 Å². The fourth-order valence-electron chi connectivity index (χ4n) is 2.09. The van der Waals surface area contributed by atoms with Gasteiger partial charge in [-0.3, -0.25) is 14.3 Å². The van der Waals surface area contributed by atoms with Crippen LogP contribution in [-0.4, -0.2) is 33.3 Å². The van der Waals surface area contributed by atoms with E-state index in [0.717, 1.165) is 5.69 Å². The molecule has 1 aromatic heterocycles. The number of carbonyl (C=O) groups excluding carboxylic acids is 1. The number of nitrogens with one attached hydrogen (secondary N) is 1. The molecule has 2 rings (SSSR count). The molecule has 6 heteroatoms. The van der Waals surface area contributed by atoms with E-state index in [9.17, 15) is 9.59 Å². The highest BCUT2D eigenvalue weighted by Gasteiger charge is 2.50. The average Bonchev–Trinajstić information content (AvgIpc) is 3.03. The van der Waals surface area contributed by atoms with Crippen LogP contribution in [0.3, 0.4) is 0 Å². The summed E-state index contributed by atoms with van der Waals surface area (Å²) in [4.78, 5) is 23.0. The molecule has 1 saturated carbocycles. The Morgan fingerprint density at radius 1 is 1.53 bits per heavy atom. The molecule has 0 aromatic carbocycles. The van der Waals surface area contributed by atoms with Crippen molar-refractivity contribution in [3.63, 3.8) is 0 Å². The molecule has 0 aliphatic heterocycles. The zero-order valence-electron chi connectivity index (χ0n) is 11.4. The highest BCUT2D eigenvalue weighted by molar-refractivity contribution is 5.93. The van der Waals surface area contributed by atoms with Gasteiger partial charge in [0, 0.05) is 19.3 Å². The molecule has 19 heavy (non-hydrogen) atoms. The number of rotatable bonds is 5. The Morgan fingerprint density at radius 2 is 2.16 bits per heavy atom. The molecule has 6 nitrogen and oxygen atoms in total. The lowest BCUT2D eigenvalue weighted by atomic mass is 10.1. The maximum absolute atomic E-state index is 11.9. The number of hydrogen-bond acceptors (Lipinski definition) is 3. The average molecular weight is 265 g/mol. The van der Waals surface area contributed by atoms with Gasteiger partial charge in [0.15, 0.2) is 0 Å². The molecule has 1 amide bonds. The van der Waals surface area contributed by atoms with Gasteiger partial charge >= 0.3 is 5.97 Å². The maximum Gasteiger partial charge on any atom is 0.311 e. The SMILES string of the molecule is CC(C)c1cc(C(=O)NCC2(C(=O)O)CC2)nn1C. The van der Waals surface area contributed by atoms with Gasteiger partial charge < -0.3 is 10.4 Å². The Hall–Kier alpha value is -1.85. The first-order valence-corrected chi connectivity index (χ1v) is 6.41. The van der Waals surface area contributed by atoms with E-state index in [2.05, 4.69) is 10.4 Å². The van der Waals surface area contributed by atoms with Crippen LogP contribution in [-0.2, 0) is 11.8 Å². The summed E-state index contributed by atoms with van der Waals surface area (Å²) in [5.41, 5.74) is 0.572. The molecule has 1 fully saturated rings. The van der Waals surface area contributed by atoms with Gasteiger partial charge in [-0.1, -0.05) is 13.8 Å². The van der Waals surface area contributed by atoms with Crippen LogP contribution in [0, 0.1) is 5.41 Å². The number of aliphatic carboxylic acids is 1. The Bertz CT molecular complexity index is 515. The van der Waals surface area contributed by atoms with E-state index in [1.807, 2.05) is 13.8 Å². The number of aromatic nitrogens is 2. The molecule has 0 atom stereocenters. The monoisotopic (exact) mass is 265 g/mol. The molecule has 0 unspecified atom stereocenters. The van der Waals surface area contributed by atoms with Gasteiger partial charge in [-0.2, -0.15) is 5.10 Å². The molecule has 0 bridgehead atoms. The van der Waals surface area contributed by atoms with E-state index in [0.29, 0.717) is 18.5 Å². The minimum absolute atomic E-state index is 0.175. The van der Waals surface area contributed by atoms with Crippen molar-refractivity contribution in [2.75, 3.05) is 6.54 Å². The normalized spacial score (nSPS) is 16.4. The first kappa shape index (κ1) is 13.6. The second-order valence-electron chi connectivity index (χ2n) is 5.50. The number of carbonyl (C=O) groups is 2. The molecular formula is C13H19N3O3. The van der Waals surface area contributed by atoms with Crippen molar-refractivity contribution < 1.29 is 14.7 Å². The molecule has 0 spiro atoms. The minimum atomic E-state index is -0.836. The standard InChI is InChI=1S/C13H19N3O3/c1-8(2)10-6-9(15-16(10)3)11(17)14-7-13(4-5-13)12(18)19/h6,8H,4-5,7H2,1-3H3,(H,14,17)(H,18,19). The van der Waals surface area contributed by atoms with Crippen LogP contribution in [0.2, 0.25) is 0 Å². The minimum Gasteiger partial charge on any atom is -0.481 e. The number of amides is 1. The van der Waals surface area contributed by atoms with E-state index < -0.39 is 11.4 Å². The molecule has 1 heterocycles. The molecule has 1 aliphatic carbocycles. The van der Waals surface area contributed by atoms with Crippen molar-refractivity contribution in [1.29, 1.82) is 0 Å². The van der Waals surface area contributed by atoms with Crippen LogP contribution in [0.4, 0.5) is 0 Å². The molecule has 104 valence electrons. The number of carboxylic acids is 1. The van der Waals surface area contributed by atoms with Crippen LogP contribution in [0.1, 0.15) is 48.8 Å². The van der Waals surface area contributed by atoms with Crippen LogP contribution < -0.4 is 5.32 Å². The summed E-state index contributed by atoms with van der Waals surface area (Å²) < 4.78 is 1.68. The summed E-state index contributed by atoms with van der Waals surface area (Å²) in [6, 6.07) is 1.75. The Kier molecular flexibility index (Phi) is 3.34. The van der Waals surface area contributed by atoms with E-state index >= 15 is 0 Å². The topological polar surface area (TPSA) is 84.2 Å². The van der Waals surface area contributed by atoms with Gasteiger partial charge in [-0.15, -0.1) is 0 Å². The Labute approximate surface area is 111 Å². The molecule has 0 radical (unpaired) electrons. The van der Waals surface area contributed by atoms with Crippen molar-refractivity contribution >= 4 is 11.9 Å². The van der Waals surface area contributed by atoms with Crippen molar-refractivity contribution in [3.05, 3.63) is 17.5 Å². The summed E-state index contributed by atoms with van der Waals surface area (Å²) in [5, 5.41) is 15.9. The number of aryl methyl sites for hydroxylation is 1. The second-order valence-corrected chi connectivity index (χ2v) is 5.50. The number of hydrogen-bond donors (Lipinski definition) is 2. The summed E-state index contributed by atoms with van der Waals surface area (Å²) in [7, 11) is 1.80. The van der Waals surface area contributed by atoms with E-state index in [-0.39, 0.29) is 18.4 Å². The van der Waals surface area contributed by atoms with Crippen molar-refractivity contribution in [1.82, 2.24) is 15.1 Å². The predicted octanol–water partition coefficient (Wildman–Crippen LogP) is 1.14. The second kappa shape index (κ2) is 4.68. The zero-order chi connectivity index (χ0) is 14.2. The highest BCUT2D eigenvalue weighted by atomic mass is 16.4. The van der Waals surface area contributed by atoms with E-state index in [1.54, 1.807) is 17.8 Å². The molecule has 0 saturated heterocycles. The third kappa shape index (κ3) is 2.62. The van der Waals surface area contributed by atoms with Crippen molar-refractivity contribution in [2.24, 2.45) is 12.5 Å². The summed E-state index contributed by atoms with van der Waals surface area (Å²) in [6.07, 6.45) is 1.25. The summed E-state index contributed by atoms with van der Waals surface area (Å²) in [6.45, 7) is 4.24. The Balaban J connectivity index is 2.01. The third-order valence-corrected chi connectivity index (χ3v) is 3.63. The number of carboxylic acid groups (broad SMARTS) is 1. The fourth-order valence-corrected chi connectivity index (χ4v) is 2.09.